The minimum absolute atomic E-state index is 0.0718. The standard InChI is InChI=1S/C7H13NO2/c1-2-3-5-8(10)6-4-7-9/h2-3,5,9H,4,6-7H2,1H3/b3-2+,8-5-. The normalized spacial score (nSPS) is 12.8. The van der Waals surface area contributed by atoms with Gasteiger partial charge in [-0.05, 0) is 13.0 Å². The van der Waals surface area contributed by atoms with Crippen molar-refractivity contribution in [2.75, 3.05) is 13.2 Å². The van der Waals surface area contributed by atoms with Crippen molar-refractivity contribution in [2.45, 2.75) is 13.3 Å². The van der Waals surface area contributed by atoms with Crippen molar-refractivity contribution in [3.05, 3.63) is 17.4 Å². The molecule has 3 nitrogen and oxygen atoms in total. The highest BCUT2D eigenvalue weighted by Gasteiger charge is 1.88. The third-order valence-electron chi connectivity index (χ3n) is 0.981. The van der Waals surface area contributed by atoms with Gasteiger partial charge in [0.25, 0.3) is 0 Å². The van der Waals surface area contributed by atoms with E-state index in [4.69, 9.17) is 5.11 Å². The predicted molar refractivity (Wildman–Crippen MR) is 41.1 cm³/mol. The first kappa shape index (κ1) is 9.17. The molecule has 0 saturated heterocycles. The number of allylic oxidation sites excluding steroid dienone is 2. The molecule has 0 radical (unpaired) electrons. The summed E-state index contributed by atoms with van der Waals surface area (Å²) < 4.78 is 0.802. The van der Waals surface area contributed by atoms with Gasteiger partial charge in [0.05, 0.1) is 0 Å². The van der Waals surface area contributed by atoms with Gasteiger partial charge < -0.3 is 10.3 Å². The van der Waals surface area contributed by atoms with Gasteiger partial charge in [-0.3, -0.25) is 0 Å². The Labute approximate surface area is 60.9 Å². The molecular weight excluding hydrogens is 130 g/mol. The first-order valence-corrected chi connectivity index (χ1v) is 3.32. The Morgan fingerprint density at radius 2 is 2.30 bits per heavy atom. The largest absolute Gasteiger partial charge is 0.624 e. The Morgan fingerprint density at radius 3 is 2.80 bits per heavy atom. The number of aliphatic hydroxyl groups excluding tert-OH is 1. The summed E-state index contributed by atoms with van der Waals surface area (Å²) in [6.45, 7) is 2.28. The summed E-state index contributed by atoms with van der Waals surface area (Å²) >= 11 is 0. The first-order chi connectivity index (χ1) is 4.81. The number of rotatable bonds is 4. The van der Waals surface area contributed by atoms with Crippen molar-refractivity contribution in [1.82, 2.24) is 0 Å². The average molecular weight is 143 g/mol. The van der Waals surface area contributed by atoms with Crippen LogP contribution in [0.2, 0.25) is 0 Å². The lowest BCUT2D eigenvalue weighted by Gasteiger charge is -1.99. The van der Waals surface area contributed by atoms with E-state index in [2.05, 4.69) is 0 Å². The van der Waals surface area contributed by atoms with Crippen LogP contribution >= 0.6 is 0 Å². The molecule has 1 N–H and O–H groups in total. The SMILES string of the molecule is C/C=C/C=[N+](\[O-])CCCO. The fourth-order valence-corrected chi connectivity index (χ4v) is 0.483. The molecule has 0 aliphatic heterocycles. The van der Waals surface area contributed by atoms with E-state index < -0.39 is 0 Å². The topological polar surface area (TPSA) is 46.3 Å². The van der Waals surface area contributed by atoms with Crippen molar-refractivity contribution in [2.24, 2.45) is 0 Å². The minimum atomic E-state index is 0.0718. The van der Waals surface area contributed by atoms with Crippen LogP contribution in [0.4, 0.5) is 0 Å². The lowest BCUT2D eigenvalue weighted by molar-refractivity contribution is -0.453. The highest BCUT2D eigenvalue weighted by atomic mass is 16.5. The van der Waals surface area contributed by atoms with Crippen LogP contribution in [0.15, 0.2) is 12.2 Å². The Balaban J connectivity index is 3.49. The van der Waals surface area contributed by atoms with E-state index in [0.717, 1.165) is 4.74 Å². The number of nitrogens with zero attached hydrogens (tertiary/aromatic N) is 1. The second kappa shape index (κ2) is 6.29. The van der Waals surface area contributed by atoms with Crippen LogP contribution in [0.25, 0.3) is 0 Å². The molecule has 0 fully saturated rings. The molecule has 0 aliphatic rings. The monoisotopic (exact) mass is 143 g/mol. The molecule has 0 rings (SSSR count). The van der Waals surface area contributed by atoms with Gasteiger partial charge in [0.1, 0.15) is 0 Å². The van der Waals surface area contributed by atoms with Gasteiger partial charge in [-0.2, -0.15) is 0 Å². The molecule has 0 heterocycles. The molecule has 0 bridgehead atoms. The van der Waals surface area contributed by atoms with Gasteiger partial charge in [-0.15, -0.1) is 0 Å². The summed E-state index contributed by atoms with van der Waals surface area (Å²) in [5.74, 6) is 0. The molecule has 0 aromatic heterocycles. The van der Waals surface area contributed by atoms with Crippen LogP contribution in [-0.4, -0.2) is 29.2 Å². The molecule has 0 atom stereocenters. The summed E-state index contributed by atoms with van der Waals surface area (Å²) in [6.07, 6.45) is 5.42. The Bertz CT molecular complexity index is 130. The van der Waals surface area contributed by atoms with Crippen molar-refractivity contribution in [3.8, 4) is 0 Å². The van der Waals surface area contributed by atoms with E-state index in [-0.39, 0.29) is 6.61 Å². The molecule has 0 unspecified atom stereocenters. The van der Waals surface area contributed by atoms with Crippen LogP contribution in [0.3, 0.4) is 0 Å². The second-order valence-corrected chi connectivity index (χ2v) is 1.89. The molecule has 0 saturated carbocycles. The van der Waals surface area contributed by atoms with Gasteiger partial charge in [0.15, 0.2) is 12.8 Å². The molecule has 10 heavy (non-hydrogen) atoms. The van der Waals surface area contributed by atoms with Crippen molar-refractivity contribution >= 4 is 6.21 Å². The average Bonchev–Trinajstić information content (AvgIpc) is 1.97. The van der Waals surface area contributed by atoms with Gasteiger partial charge in [0.2, 0.25) is 0 Å². The molecule has 58 valence electrons. The summed E-state index contributed by atoms with van der Waals surface area (Å²) in [5.41, 5.74) is 0. The second-order valence-electron chi connectivity index (χ2n) is 1.89. The van der Waals surface area contributed by atoms with Crippen LogP contribution in [0, 0.1) is 5.21 Å². The molecule has 3 heteroatoms. The van der Waals surface area contributed by atoms with Gasteiger partial charge >= 0.3 is 0 Å². The number of hydrogen-bond donors (Lipinski definition) is 1. The smallest absolute Gasteiger partial charge is 0.174 e. The summed E-state index contributed by atoms with van der Waals surface area (Å²) in [5, 5.41) is 19.0. The maximum atomic E-state index is 10.7. The van der Waals surface area contributed by atoms with Crippen LogP contribution in [0.5, 0.6) is 0 Å². The zero-order chi connectivity index (χ0) is 7.82. The van der Waals surface area contributed by atoms with E-state index in [1.807, 2.05) is 6.92 Å². The fourth-order valence-electron chi connectivity index (χ4n) is 0.483. The maximum absolute atomic E-state index is 10.7. The number of hydroxylamine groups is 1. The lowest BCUT2D eigenvalue weighted by atomic mass is 10.4. The number of aliphatic hydroxyl groups is 1. The highest BCUT2D eigenvalue weighted by Crippen LogP contribution is 1.77. The summed E-state index contributed by atoms with van der Waals surface area (Å²) in [6, 6.07) is 0. The van der Waals surface area contributed by atoms with Gasteiger partial charge in [0, 0.05) is 13.0 Å². The van der Waals surface area contributed by atoms with Crippen molar-refractivity contribution in [3.63, 3.8) is 0 Å². The van der Waals surface area contributed by atoms with Crippen LogP contribution in [0.1, 0.15) is 13.3 Å². The fraction of sp³-hybridized carbons (Fsp3) is 0.571. The molecule has 0 amide bonds. The molecule has 0 aromatic carbocycles. The highest BCUT2D eigenvalue weighted by molar-refractivity contribution is 5.65. The molecule has 0 aliphatic carbocycles. The zero-order valence-electron chi connectivity index (χ0n) is 6.16. The quantitative estimate of drug-likeness (QED) is 0.270. The van der Waals surface area contributed by atoms with E-state index in [1.54, 1.807) is 12.2 Å². The zero-order valence-corrected chi connectivity index (χ0v) is 6.16. The van der Waals surface area contributed by atoms with E-state index in [0.29, 0.717) is 13.0 Å². The number of hydrogen-bond acceptors (Lipinski definition) is 2. The summed E-state index contributed by atoms with van der Waals surface area (Å²) in [4.78, 5) is 0. The van der Waals surface area contributed by atoms with E-state index in [9.17, 15) is 5.21 Å². The lowest BCUT2D eigenvalue weighted by Crippen LogP contribution is -2.06. The predicted octanol–water partition coefficient (Wildman–Crippen LogP) is 0.526. The molecule has 0 spiro atoms. The Hall–Kier alpha value is -0.830. The third-order valence-corrected chi connectivity index (χ3v) is 0.981. The minimum Gasteiger partial charge on any atom is -0.624 e. The summed E-state index contributed by atoms with van der Waals surface area (Å²) in [7, 11) is 0. The van der Waals surface area contributed by atoms with E-state index in [1.165, 1.54) is 6.21 Å². The van der Waals surface area contributed by atoms with Crippen LogP contribution in [-0.2, 0) is 0 Å². The van der Waals surface area contributed by atoms with Crippen molar-refractivity contribution < 1.29 is 9.85 Å². The Kier molecular flexibility index (Phi) is 5.77. The molecular formula is C7H13NO2. The third kappa shape index (κ3) is 5.31. The van der Waals surface area contributed by atoms with Crippen molar-refractivity contribution in [1.29, 1.82) is 0 Å². The van der Waals surface area contributed by atoms with E-state index >= 15 is 0 Å². The molecule has 0 aromatic rings. The van der Waals surface area contributed by atoms with Gasteiger partial charge in [-0.1, -0.05) is 6.08 Å². The van der Waals surface area contributed by atoms with Crippen LogP contribution < -0.4 is 0 Å². The van der Waals surface area contributed by atoms with Gasteiger partial charge in [-0.25, -0.2) is 4.74 Å². The Morgan fingerprint density at radius 1 is 1.60 bits per heavy atom. The maximum Gasteiger partial charge on any atom is 0.174 e. The first-order valence-electron chi connectivity index (χ1n) is 3.32.